The molecule has 0 radical (unpaired) electrons. The van der Waals surface area contributed by atoms with Crippen LogP contribution in [0.25, 0.3) is 0 Å². The molecule has 3 unspecified atom stereocenters. The fraction of sp³-hybridized carbons (Fsp3) is 0.379. The number of hydrogen-bond acceptors (Lipinski definition) is 3. The van der Waals surface area contributed by atoms with Crippen LogP contribution >= 0.6 is 0 Å². The Hall–Kier alpha value is -3.54. The molecule has 5 rings (SSSR count). The van der Waals surface area contributed by atoms with Gasteiger partial charge in [-0.1, -0.05) is 12.1 Å². The zero-order valence-electron chi connectivity index (χ0n) is 21.5. The summed E-state index contributed by atoms with van der Waals surface area (Å²) >= 11 is 0. The van der Waals surface area contributed by atoms with E-state index in [1.165, 1.54) is 43.5 Å². The number of amides is 1. The molecule has 0 saturated carbocycles. The summed E-state index contributed by atoms with van der Waals surface area (Å²) in [6, 6.07) is 9.12. The van der Waals surface area contributed by atoms with E-state index in [-0.39, 0.29) is 36.4 Å². The number of pyridine rings is 1. The molecule has 1 aromatic heterocycles. The Kier molecular flexibility index (Phi) is 7.56. The van der Waals surface area contributed by atoms with Crippen LogP contribution in [0.5, 0.6) is 0 Å². The fourth-order valence-corrected chi connectivity index (χ4v) is 5.88. The molecule has 2 aliphatic heterocycles. The first-order valence-electron chi connectivity index (χ1n) is 12.8. The number of hydrogen-bond donors (Lipinski definition) is 0. The maximum Gasteiger partial charge on any atom is 0.416 e. The van der Waals surface area contributed by atoms with Gasteiger partial charge < -0.3 is 9.64 Å². The molecule has 218 valence electrons. The average molecular weight is 585 g/mol. The molecule has 2 saturated heterocycles. The summed E-state index contributed by atoms with van der Waals surface area (Å²) in [5.41, 5.74) is -2.08. The Morgan fingerprint density at radius 1 is 0.902 bits per heavy atom. The lowest BCUT2D eigenvalue weighted by Crippen LogP contribution is -2.43. The number of carbonyl (C=O) groups is 1. The van der Waals surface area contributed by atoms with Crippen molar-refractivity contribution in [1.82, 2.24) is 9.88 Å². The maximum absolute atomic E-state index is 13.8. The van der Waals surface area contributed by atoms with Crippen molar-refractivity contribution in [2.75, 3.05) is 6.54 Å². The van der Waals surface area contributed by atoms with Crippen LogP contribution in [0.3, 0.4) is 0 Å². The molecule has 41 heavy (non-hydrogen) atoms. The minimum atomic E-state index is -5.02. The highest BCUT2D eigenvalue weighted by molar-refractivity contribution is 5.79. The van der Waals surface area contributed by atoms with Gasteiger partial charge >= 0.3 is 12.4 Å². The molecular weight excluding hydrogens is 560 g/mol. The number of rotatable bonds is 5. The molecule has 0 aliphatic carbocycles. The van der Waals surface area contributed by atoms with Gasteiger partial charge in [0, 0.05) is 31.1 Å². The molecule has 2 fully saturated rings. The first kappa shape index (κ1) is 29.0. The molecule has 4 nitrogen and oxygen atoms in total. The van der Waals surface area contributed by atoms with Crippen LogP contribution in [0.2, 0.25) is 0 Å². The molecule has 0 spiro atoms. The van der Waals surface area contributed by atoms with E-state index >= 15 is 0 Å². The third-order valence-electron chi connectivity index (χ3n) is 7.79. The zero-order chi connectivity index (χ0) is 29.7. The lowest BCUT2D eigenvalue weighted by molar-refractivity contribution is -0.143. The molecule has 3 heterocycles. The molecule has 0 N–H and O–H groups in total. The highest BCUT2D eigenvalue weighted by Gasteiger charge is 2.49. The molecule has 12 heteroatoms. The van der Waals surface area contributed by atoms with Crippen LogP contribution in [0.4, 0.5) is 35.1 Å². The summed E-state index contributed by atoms with van der Waals surface area (Å²) in [7, 11) is 0. The lowest BCUT2D eigenvalue weighted by Gasteiger charge is -2.37. The molecule has 1 amide bonds. The normalized spacial score (nSPS) is 23.9. The van der Waals surface area contributed by atoms with Crippen LogP contribution in [0.15, 0.2) is 60.8 Å². The number of aromatic nitrogens is 1. The van der Waals surface area contributed by atoms with Gasteiger partial charge in [-0.15, -0.1) is 0 Å². The van der Waals surface area contributed by atoms with Crippen LogP contribution in [0.1, 0.15) is 65.5 Å². The van der Waals surface area contributed by atoms with Crippen molar-refractivity contribution in [2.45, 2.75) is 62.2 Å². The first-order valence-corrected chi connectivity index (χ1v) is 12.8. The van der Waals surface area contributed by atoms with Crippen molar-refractivity contribution in [2.24, 2.45) is 0 Å². The Balaban J connectivity index is 1.49. The van der Waals surface area contributed by atoms with Gasteiger partial charge in [0.2, 0.25) is 11.9 Å². The van der Waals surface area contributed by atoms with Crippen LogP contribution < -0.4 is 0 Å². The predicted molar refractivity (Wildman–Crippen MR) is 131 cm³/mol. The van der Waals surface area contributed by atoms with E-state index in [2.05, 4.69) is 4.98 Å². The average Bonchev–Trinajstić information content (AvgIpc) is 3.26. The largest absolute Gasteiger partial charge is 0.416 e. The summed E-state index contributed by atoms with van der Waals surface area (Å²) in [4.78, 5) is 18.4. The number of piperidine rings is 1. The minimum absolute atomic E-state index is 0.0262. The summed E-state index contributed by atoms with van der Waals surface area (Å²) < 4.78 is 114. The number of ether oxygens (including phenoxy) is 1. The van der Waals surface area contributed by atoms with Gasteiger partial charge in [-0.05, 0) is 78.4 Å². The minimum Gasteiger partial charge on any atom is -0.368 e. The first-order chi connectivity index (χ1) is 19.2. The molecule has 0 bridgehead atoms. The van der Waals surface area contributed by atoms with E-state index in [1.54, 1.807) is 11.0 Å². The van der Waals surface area contributed by atoms with E-state index in [4.69, 9.17) is 4.74 Å². The van der Waals surface area contributed by atoms with E-state index in [0.717, 1.165) is 0 Å². The molecule has 5 atom stereocenters. The second kappa shape index (κ2) is 10.7. The highest BCUT2D eigenvalue weighted by atomic mass is 19.4. The van der Waals surface area contributed by atoms with E-state index in [0.29, 0.717) is 29.7 Å². The Labute approximate surface area is 229 Å². The van der Waals surface area contributed by atoms with Crippen molar-refractivity contribution in [3.05, 3.63) is 100 Å². The van der Waals surface area contributed by atoms with Crippen molar-refractivity contribution < 1.29 is 44.7 Å². The second-order valence-corrected chi connectivity index (χ2v) is 10.4. The van der Waals surface area contributed by atoms with Gasteiger partial charge in [0.25, 0.3) is 0 Å². The fourth-order valence-electron chi connectivity index (χ4n) is 5.88. The van der Waals surface area contributed by atoms with Gasteiger partial charge in [-0.3, -0.25) is 4.79 Å². The predicted octanol–water partition coefficient (Wildman–Crippen LogP) is 7.42. The third-order valence-corrected chi connectivity index (χ3v) is 7.79. The monoisotopic (exact) mass is 584 g/mol. The van der Waals surface area contributed by atoms with Gasteiger partial charge in [0.05, 0.1) is 23.3 Å². The summed E-state index contributed by atoms with van der Waals surface area (Å²) in [6.45, 7) is 1.37. The van der Waals surface area contributed by atoms with E-state index < -0.39 is 59.4 Å². The van der Waals surface area contributed by atoms with Gasteiger partial charge in [0.1, 0.15) is 5.82 Å². The van der Waals surface area contributed by atoms with Crippen molar-refractivity contribution in [1.29, 1.82) is 0 Å². The SMILES string of the molecule is CC(O[C@H]1CN2C(=O)CC(c3ccnc(F)c3)C[C@H]2C1c1ccc(F)cc1)c1cc(C(F)(F)F)cc(C(F)(F)F)c1. The van der Waals surface area contributed by atoms with E-state index in [9.17, 15) is 39.9 Å². The van der Waals surface area contributed by atoms with Gasteiger partial charge in [-0.25, -0.2) is 9.37 Å². The standard InChI is InChI=1S/C29H24F8N2O2/c1-15(18-8-20(28(32,33)34)13-21(9-18)29(35,36)37)41-24-14-39-23(27(24)16-2-4-22(30)5-3-16)10-19(12-26(39)40)17-6-7-38-25(31)11-17/h2-9,11,13,15,19,23-24,27H,10,12,14H2,1H3/t15?,19?,23-,24-,27?/m0/s1. The molecule has 2 aromatic carbocycles. The number of benzene rings is 2. The summed E-state index contributed by atoms with van der Waals surface area (Å²) in [6.07, 6.45) is -10.3. The second-order valence-electron chi connectivity index (χ2n) is 10.4. The summed E-state index contributed by atoms with van der Waals surface area (Å²) in [5, 5.41) is 0. The Morgan fingerprint density at radius 2 is 1.54 bits per heavy atom. The Morgan fingerprint density at radius 3 is 2.12 bits per heavy atom. The maximum atomic E-state index is 13.8. The van der Waals surface area contributed by atoms with Crippen molar-refractivity contribution in [3.63, 3.8) is 0 Å². The number of fused-ring (bicyclic) bond motifs is 1. The Bertz CT molecular complexity index is 1390. The summed E-state index contributed by atoms with van der Waals surface area (Å²) in [5.74, 6) is -2.41. The van der Waals surface area contributed by atoms with E-state index in [1.807, 2.05) is 0 Å². The smallest absolute Gasteiger partial charge is 0.368 e. The molecule has 2 aliphatic rings. The number of halogens is 8. The van der Waals surface area contributed by atoms with Crippen molar-refractivity contribution in [3.8, 4) is 0 Å². The highest BCUT2D eigenvalue weighted by Crippen LogP contribution is 2.46. The molecular formula is C29H24F8N2O2. The van der Waals surface area contributed by atoms with Gasteiger partial charge in [0.15, 0.2) is 0 Å². The van der Waals surface area contributed by atoms with Crippen LogP contribution in [0, 0.1) is 11.8 Å². The number of alkyl halides is 6. The number of carbonyl (C=O) groups excluding carboxylic acids is 1. The zero-order valence-corrected chi connectivity index (χ0v) is 21.5. The van der Waals surface area contributed by atoms with Gasteiger partial charge in [-0.2, -0.15) is 30.7 Å². The van der Waals surface area contributed by atoms with Crippen LogP contribution in [-0.2, 0) is 21.9 Å². The van der Waals surface area contributed by atoms with Crippen LogP contribution in [-0.4, -0.2) is 34.5 Å². The van der Waals surface area contributed by atoms with Crippen molar-refractivity contribution >= 4 is 5.91 Å². The quantitative estimate of drug-likeness (QED) is 0.232. The third kappa shape index (κ3) is 6.07. The number of nitrogens with zero attached hydrogens (tertiary/aromatic N) is 2. The molecule has 3 aromatic rings. The lowest BCUT2D eigenvalue weighted by atomic mass is 9.79. The topological polar surface area (TPSA) is 42.4 Å².